The highest BCUT2D eigenvalue weighted by atomic mass is 35.5. The second-order valence-corrected chi connectivity index (χ2v) is 6.59. The van der Waals surface area contributed by atoms with Gasteiger partial charge in [-0.05, 0) is 17.7 Å². The molecule has 1 aromatic carbocycles. The minimum atomic E-state index is -1.19. The molecule has 0 spiro atoms. The SMILES string of the molecule is CC1(C)CN(c2cccnc2)C(Cl)(C=O)c2ccccc21. The highest BCUT2D eigenvalue weighted by molar-refractivity contribution is 6.33. The molecule has 3 nitrogen and oxygen atoms in total. The number of hydrogen-bond acceptors (Lipinski definition) is 3. The predicted molar refractivity (Wildman–Crippen MR) is 84.6 cm³/mol. The zero-order chi connectivity index (χ0) is 15.1. The molecule has 2 aromatic rings. The summed E-state index contributed by atoms with van der Waals surface area (Å²) in [7, 11) is 0. The van der Waals surface area contributed by atoms with Crippen LogP contribution in [0.1, 0.15) is 25.0 Å². The summed E-state index contributed by atoms with van der Waals surface area (Å²) in [6, 6.07) is 11.7. The number of rotatable bonds is 2. The third kappa shape index (κ3) is 2.12. The molecule has 108 valence electrons. The van der Waals surface area contributed by atoms with Crippen molar-refractivity contribution in [1.29, 1.82) is 0 Å². The predicted octanol–water partition coefficient (Wildman–Crippen LogP) is 3.47. The smallest absolute Gasteiger partial charge is 0.197 e. The fourth-order valence-electron chi connectivity index (χ4n) is 3.04. The van der Waals surface area contributed by atoms with Crippen molar-refractivity contribution in [2.45, 2.75) is 24.3 Å². The van der Waals surface area contributed by atoms with Crippen molar-refractivity contribution in [3.8, 4) is 0 Å². The fraction of sp³-hybridized carbons (Fsp3) is 0.294. The average molecular weight is 301 g/mol. The molecule has 1 aliphatic heterocycles. The van der Waals surface area contributed by atoms with E-state index in [0.717, 1.165) is 23.1 Å². The van der Waals surface area contributed by atoms with Gasteiger partial charge in [0.15, 0.2) is 11.3 Å². The maximum atomic E-state index is 11.8. The van der Waals surface area contributed by atoms with E-state index in [1.54, 1.807) is 12.4 Å². The van der Waals surface area contributed by atoms with E-state index >= 15 is 0 Å². The lowest BCUT2D eigenvalue weighted by Crippen LogP contribution is -2.54. The number of halogens is 1. The fourth-order valence-corrected chi connectivity index (χ4v) is 3.36. The highest BCUT2D eigenvalue weighted by Crippen LogP contribution is 2.46. The topological polar surface area (TPSA) is 33.2 Å². The summed E-state index contributed by atoms with van der Waals surface area (Å²) in [6.07, 6.45) is 4.27. The van der Waals surface area contributed by atoms with Gasteiger partial charge >= 0.3 is 0 Å². The molecule has 1 unspecified atom stereocenters. The van der Waals surface area contributed by atoms with Crippen LogP contribution in [0.15, 0.2) is 48.8 Å². The van der Waals surface area contributed by atoms with Crippen LogP contribution < -0.4 is 4.90 Å². The Balaban J connectivity index is 2.23. The molecule has 0 radical (unpaired) electrons. The van der Waals surface area contributed by atoms with Crippen LogP contribution in [-0.4, -0.2) is 17.8 Å². The molecular formula is C17H17ClN2O. The third-order valence-electron chi connectivity index (χ3n) is 4.09. The number of fused-ring (bicyclic) bond motifs is 1. The molecule has 0 N–H and O–H groups in total. The lowest BCUT2D eigenvalue weighted by Gasteiger charge is -2.48. The van der Waals surface area contributed by atoms with Gasteiger partial charge in [0.25, 0.3) is 0 Å². The van der Waals surface area contributed by atoms with Crippen molar-refractivity contribution in [3.05, 3.63) is 59.9 Å². The second kappa shape index (κ2) is 4.85. The van der Waals surface area contributed by atoms with Gasteiger partial charge in [-0.3, -0.25) is 9.78 Å². The van der Waals surface area contributed by atoms with Crippen molar-refractivity contribution < 1.29 is 4.79 Å². The summed E-state index contributed by atoms with van der Waals surface area (Å²) in [5, 5.41) is 0. The molecule has 0 fully saturated rings. The monoisotopic (exact) mass is 300 g/mol. The van der Waals surface area contributed by atoms with Gasteiger partial charge in [-0.2, -0.15) is 0 Å². The highest BCUT2D eigenvalue weighted by Gasteiger charge is 2.47. The van der Waals surface area contributed by atoms with Crippen molar-refractivity contribution in [1.82, 2.24) is 4.98 Å². The molecule has 0 aliphatic carbocycles. The lowest BCUT2D eigenvalue weighted by molar-refractivity contribution is -0.110. The van der Waals surface area contributed by atoms with E-state index < -0.39 is 5.00 Å². The van der Waals surface area contributed by atoms with Crippen LogP contribution in [0.25, 0.3) is 0 Å². The van der Waals surface area contributed by atoms with E-state index in [1.807, 2.05) is 35.2 Å². The largest absolute Gasteiger partial charge is 0.341 e. The first-order valence-electron chi connectivity index (χ1n) is 6.92. The summed E-state index contributed by atoms with van der Waals surface area (Å²) >= 11 is 6.75. The number of aldehydes is 1. The summed E-state index contributed by atoms with van der Waals surface area (Å²) in [5.74, 6) is 0. The number of nitrogens with zero attached hydrogens (tertiary/aromatic N) is 2. The van der Waals surface area contributed by atoms with Gasteiger partial charge in [-0.25, -0.2) is 0 Å². The molecule has 1 aromatic heterocycles. The van der Waals surface area contributed by atoms with Crippen LogP contribution in [0.4, 0.5) is 5.69 Å². The van der Waals surface area contributed by atoms with Crippen LogP contribution in [-0.2, 0) is 15.2 Å². The molecule has 2 heterocycles. The zero-order valence-electron chi connectivity index (χ0n) is 12.1. The van der Waals surface area contributed by atoms with E-state index in [0.29, 0.717) is 6.54 Å². The zero-order valence-corrected chi connectivity index (χ0v) is 12.8. The Morgan fingerprint density at radius 1 is 1.19 bits per heavy atom. The first-order valence-corrected chi connectivity index (χ1v) is 7.30. The number of hydrogen-bond donors (Lipinski definition) is 0. The standard InChI is InChI=1S/C17H17ClN2O/c1-16(2)11-20(13-6-5-9-19-10-13)17(18,12-21)15-8-4-3-7-14(15)16/h3-10,12H,11H2,1-2H3. The Bertz CT molecular complexity index is 672. The van der Waals surface area contributed by atoms with Gasteiger partial charge in [-0.1, -0.05) is 49.7 Å². The quantitative estimate of drug-likeness (QED) is 0.484. The molecule has 0 bridgehead atoms. The van der Waals surface area contributed by atoms with Crippen LogP contribution in [0.3, 0.4) is 0 Å². The number of carbonyl (C=O) groups is 1. The molecular weight excluding hydrogens is 284 g/mol. The molecule has 1 aliphatic rings. The van der Waals surface area contributed by atoms with E-state index in [-0.39, 0.29) is 5.41 Å². The van der Waals surface area contributed by atoms with Crippen molar-refractivity contribution >= 4 is 23.6 Å². The molecule has 0 saturated carbocycles. The normalized spacial score (nSPS) is 23.5. The number of alkyl halides is 1. The summed E-state index contributed by atoms with van der Waals surface area (Å²) in [6.45, 7) is 4.98. The molecule has 1 atom stereocenters. The van der Waals surface area contributed by atoms with Crippen LogP contribution >= 0.6 is 11.6 Å². The Labute approximate surface area is 129 Å². The van der Waals surface area contributed by atoms with Gasteiger partial charge in [0.05, 0.1) is 11.9 Å². The minimum absolute atomic E-state index is 0.103. The Morgan fingerprint density at radius 3 is 2.52 bits per heavy atom. The molecule has 0 amide bonds. The third-order valence-corrected chi connectivity index (χ3v) is 4.59. The van der Waals surface area contributed by atoms with E-state index in [9.17, 15) is 4.79 Å². The van der Waals surface area contributed by atoms with Gasteiger partial charge < -0.3 is 4.90 Å². The van der Waals surface area contributed by atoms with E-state index in [4.69, 9.17) is 11.6 Å². The molecule has 3 rings (SSSR count). The Hall–Kier alpha value is -1.87. The van der Waals surface area contributed by atoms with E-state index in [2.05, 4.69) is 24.9 Å². The molecule has 0 saturated heterocycles. The second-order valence-electron chi connectivity index (χ2n) is 6.02. The summed E-state index contributed by atoms with van der Waals surface area (Å²) in [4.78, 5) is 16.7. The first kappa shape index (κ1) is 14.1. The van der Waals surface area contributed by atoms with Gasteiger partial charge in [-0.15, -0.1) is 0 Å². The van der Waals surface area contributed by atoms with Gasteiger partial charge in [0.2, 0.25) is 0 Å². The van der Waals surface area contributed by atoms with Crippen molar-refractivity contribution in [2.75, 3.05) is 11.4 Å². The number of benzene rings is 1. The van der Waals surface area contributed by atoms with Crippen molar-refractivity contribution in [2.24, 2.45) is 0 Å². The van der Waals surface area contributed by atoms with Crippen LogP contribution in [0.5, 0.6) is 0 Å². The minimum Gasteiger partial charge on any atom is -0.341 e. The van der Waals surface area contributed by atoms with E-state index in [1.165, 1.54) is 0 Å². The van der Waals surface area contributed by atoms with Crippen molar-refractivity contribution in [3.63, 3.8) is 0 Å². The van der Waals surface area contributed by atoms with Crippen LogP contribution in [0, 0.1) is 0 Å². The maximum Gasteiger partial charge on any atom is 0.197 e. The molecule has 4 heteroatoms. The number of anilines is 1. The first-order chi connectivity index (χ1) is 9.99. The molecule has 21 heavy (non-hydrogen) atoms. The van der Waals surface area contributed by atoms with Gasteiger partial charge in [0, 0.05) is 23.7 Å². The average Bonchev–Trinajstić information content (AvgIpc) is 2.52. The summed E-state index contributed by atoms with van der Waals surface area (Å²) in [5.41, 5.74) is 2.71. The maximum absolute atomic E-state index is 11.8. The lowest BCUT2D eigenvalue weighted by atomic mass is 9.75. The number of carbonyl (C=O) groups excluding carboxylic acids is 1. The number of aromatic nitrogens is 1. The Kier molecular flexibility index (Phi) is 3.25. The van der Waals surface area contributed by atoms with Gasteiger partial charge in [0.1, 0.15) is 0 Å². The number of pyridine rings is 1. The van der Waals surface area contributed by atoms with Crippen LogP contribution in [0.2, 0.25) is 0 Å². The Morgan fingerprint density at radius 2 is 1.90 bits per heavy atom. The summed E-state index contributed by atoms with van der Waals surface area (Å²) < 4.78 is 0.